The first kappa shape index (κ1) is 17.6. The Morgan fingerprint density at radius 3 is 2.74 bits per heavy atom. The highest BCUT2D eigenvalue weighted by atomic mass is 16.5. The molecule has 0 aliphatic heterocycles. The van der Waals surface area contributed by atoms with Crippen molar-refractivity contribution in [1.29, 1.82) is 0 Å². The van der Waals surface area contributed by atoms with Gasteiger partial charge in [-0.2, -0.15) is 0 Å². The average molecular weight is 363 g/mol. The maximum atomic E-state index is 11.8. The summed E-state index contributed by atoms with van der Waals surface area (Å²) in [7, 11) is 0. The number of nitrogens with one attached hydrogen (secondary N) is 1. The minimum Gasteiger partial charge on any atom is -0.492 e. The quantitative estimate of drug-likeness (QED) is 0.666. The lowest BCUT2D eigenvalue weighted by atomic mass is 10.2. The number of nitrogens with zero attached hydrogens (tertiary/aromatic N) is 2. The van der Waals surface area contributed by atoms with E-state index in [0.717, 1.165) is 48.4 Å². The SMILES string of the molecule is Cc1ccc(OCCn2c(CCNC(=O)C3CC3)nc3ccccc32)cc1. The van der Waals surface area contributed by atoms with Crippen LogP contribution < -0.4 is 10.1 Å². The molecule has 1 aromatic heterocycles. The Bertz CT molecular complexity index is 926. The van der Waals surface area contributed by atoms with E-state index in [4.69, 9.17) is 9.72 Å². The van der Waals surface area contributed by atoms with Gasteiger partial charge < -0.3 is 14.6 Å². The van der Waals surface area contributed by atoms with Gasteiger partial charge in [-0.15, -0.1) is 0 Å². The maximum absolute atomic E-state index is 11.8. The van der Waals surface area contributed by atoms with Crippen LogP contribution in [-0.2, 0) is 17.8 Å². The van der Waals surface area contributed by atoms with Crippen LogP contribution in [0.25, 0.3) is 11.0 Å². The summed E-state index contributed by atoms with van der Waals surface area (Å²) in [6.07, 6.45) is 2.78. The van der Waals surface area contributed by atoms with Gasteiger partial charge in [-0.25, -0.2) is 4.98 Å². The summed E-state index contributed by atoms with van der Waals surface area (Å²) in [4.78, 5) is 16.6. The van der Waals surface area contributed by atoms with Gasteiger partial charge >= 0.3 is 0 Å². The van der Waals surface area contributed by atoms with Gasteiger partial charge in [0.25, 0.3) is 0 Å². The van der Waals surface area contributed by atoms with Crippen molar-refractivity contribution in [2.45, 2.75) is 32.7 Å². The van der Waals surface area contributed by atoms with Crippen LogP contribution in [0, 0.1) is 12.8 Å². The molecule has 27 heavy (non-hydrogen) atoms. The fourth-order valence-corrected chi connectivity index (χ4v) is 3.24. The number of hydrogen-bond acceptors (Lipinski definition) is 3. The third kappa shape index (κ3) is 4.30. The number of aromatic nitrogens is 2. The molecule has 1 fully saturated rings. The van der Waals surface area contributed by atoms with E-state index in [1.807, 2.05) is 30.3 Å². The van der Waals surface area contributed by atoms with Crippen molar-refractivity contribution in [2.24, 2.45) is 5.92 Å². The highest BCUT2D eigenvalue weighted by Gasteiger charge is 2.29. The molecule has 0 spiro atoms. The Kier molecular flexibility index (Phi) is 5.10. The number of hydrogen-bond donors (Lipinski definition) is 1. The predicted molar refractivity (Wildman–Crippen MR) is 106 cm³/mol. The van der Waals surface area contributed by atoms with Crippen LogP contribution in [0.15, 0.2) is 48.5 Å². The molecule has 1 aliphatic rings. The Morgan fingerprint density at radius 2 is 1.96 bits per heavy atom. The number of imidazole rings is 1. The minimum absolute atomic E-state index is 0.181. The minimum atomic E-state index is 0.181. The molecule has 1 aliphatic carbocycles. The average Bonchev–Trinajstić information content (AvgIpc) is 3.47. The molecule has 140 valence electrons. The van der Waals surface area contributed by atoms with Gasteiger partial charge in [-0.1, -0.05) is 29.8 Å². The number of benzene rings is 2. The highest BCUT2D eigenvalue weighted by Crippen LogP contribution is 2.28. The zero-order valence-corrected chi connectivity index (χ0v) is 15.6. The molecule has 1 heterocycles. The monoisotopic (exact) mass is 363 g/mol. The highest BCUT2D eigenvalue weighted by molar-refractivity contribution is 5.80. The molecule has 1 N–H and O–H groups in total. The number of aryl methyl sites for hydroxylation is 1. The maximum Gasteiger partial charge on any atom is 0.223 e. The fourth-order valence-electron chi connectivity index (χ4n) is 3.24. The summed E-state index contributed by atoms with van der Waals surface area (Å²) in [5.74, 6) is 2.29. The number of fused-ring (bicyclic) bond motifs is 1. The molecule has 4 rings (SSSR count). The van der Waals surface area contributed by atoms with Gasteiger partial charge in [0.15, 0.2) is 0 Å². The molecule has 3 aromatic rings. The predicted octanol–water partition coefficient (Wildman–Crippen LogP) is 3.49. The number of para-hydroxylation sites is 2. The van der Waals surface area contributed by atoms with E-state index in [-0.39, 0.29) is 11.8 Å². The molecular formula is C22H25N3O2. The van der Waals surface area contributed by atoms with E-state index >= 15 is 0 Å². The second-order valence-corrected chi connectivity index (χ2v) is 7.15. The molecule has 5 nitrogen and oxygen atoms in total. The van der Waals surface area contributed by atoms with Gasteiger partial charge in [-0.05, 0) is 44.0 Å². The molecular weight excluding hydrogens is 338 g/mol. The largest absolute Gasteiger partial charge is 0.492 e. The first-order valence-electron chi connectivity index (χ1n) is 9.62. The van der Waals surface area contributed by atoms with Crippen molar-refractivity contribution in [1.82, 2.24) is 14.9 Å². The fraction of sp³-hybridized carbons (Fsp3) is 0.364. The number of ether oxygens (including phenoxy) is 1. The van der Waals surface area contributed by atoms with Crippen LogP contribution in [-0.4, -0.2) is 28.6 Å². The van der Waals surface area contributed by atoms with E-state index < -0.39 is 0 Å². The van der Waals surface area contributed by atoms with E-state index in [9.17, 15) is 4.79 Å². The lowest BCUT2D eigenvalue weighted by Crippen LogP contribution is -2.27. The third-order valence-corrected chi connectivity index (χ3v) is 4.93. The van der Waals surface area contributed by atoms with E-state index in [0.29, 0.717) is 13.2 Å². The van der Waals surface area contributed by atoms with Crippen LogP contribution in [0.2, 0.25) is 0 Å². The second kappa shape index (κ2) is 7.82. The van der Waals surface area contributed by atoms with Gasteiger partial charge in [0.2, 0.25) is 5.91 Å². The molecule has 0 bridgehead atoms. The number of rotatable bonds is 8. The topological polar surface area (TPSA) is 56.1 Å². The Hall–Kier alpha value is -2.82. The lowest BCUT2D eigenvalue weighted by molar-refractivity contribution is -0.122. The number of amides is 1. The summed E-state index contributed by atoms with van der Waals surface area (Å²) < 4.78 is 8.10. The van der Waals surface area contributed by atoms with E-state index in [1.165, 1.54) is 5.56 Å². The molecule has 0 unspecified atom stereocenters. The van der Waals surface area contributed by atoms with Gasteiger partial charge in [-0.3, -0.25) is 4.79 Å². The van der Waals surface area contributed by atoms with Gasteiger partial charge in [0.1, 0.15) is 18.2 Å². The smallest absolute Gasteiger partial charge is 0.223 e. The first-order chi connectivity index (χ1) is 13.2. The molecule has 5 heteroatoms. The van der Waals surface area contributed by atoms with Crippen LogP contribution in [0.1, 0.15) is 24.2 Å². The van der Waals surface area contributed by atoms with Crippen molar-refractivity contribution in [3.05, 3.63) is 59.9 Å². The summed E-state index contributed by atoms with van der Waals surface area (Å²) >= 11 is 0. The van der Waals surface area contributed by atoms with Gasteiger partial charge in [0, 0.05) is 18.9 Å². The Labute approximate surface area is 159 Å². The normalized spacial score (nSPS) is 13.7. The van der Waals surface area contributed by atoms with Crippen LogP contribution in [0.3, 0.4) is 0 Å². The van der Waals surface area contributed by atoms with Crippen LogP contribution in [0.5, 0.6) is 5.75 Å². The standard InChI is InChI=1S/C22H25N3O2/c1-16-6-10-18(11-7-16)27-15-14-25-20-5-3-2-4-19(20)24-21(25)12-13-23-22(26)17-8-9-17/h2-7,10-11,17H,8-9,12-15H2,1H3,(H,23,26). The molecule has 1 amide bonds. The molecule has 0 atom stereocenters. The van der Waals surface area contributed by atoms with Crippen molar-refractivity contribution in [3.63, 3.8) is 0 Å². The number of carbonyl (C=O) groups excluding carboxylic acids is 1. The first-order valence-corrected chi connectivity index (χ1v) is 9.62. The van der Waals surface area contributed by atoms with Crippen molar-refractivity contribution in [3.8, 4) is 5.75 Å². The second-order valence-electron chi connectivity index (χ2n) is 7.15. The Morgan fingerprint density at radius 1 is 1.19 bits per heavy atom. The zero-order chi connectivity index (χ0) is 18.6. The van der Waals surface area contributed by atoms with Crippen LogP contribution >= 0.6 is 0 Å². The summed E-state index contributed by atoms with van der Waals surface area (Å²) in [5.41, 5.74) is 3.31. The molecule has 2 aromatic carbocycles. The summed E-state index contributed by atoms with van der Waals surface area (Å²) in [5, 5.41) is 3.03. The lowest BCUT2D eigenvalue weighted by Gasteiger charge is -2.11. The zero-order valence-electron chi connectivity index (χ0n) is 15.6. The molecule has 0 radical (unpaired) electrons. The van der Waals surface area contributed by atoms with Crippen LogP contribution in [0.4, 0.5) is 0 Å². The van der Waals surface area contributed by atoms with Crippen molar-refractivity contribution < 1.29 is 9.53 Å². The van der Waals surface area contributed by atoms with E-state index in [2.05, 4.69) is 35.0 Å². The molecule has 1 saturated carbocycles. The van der Waals surface area contributed by atoms with Gasteiger partial charge in [0.05, 0.1) is 17.6 Å². The van der Waals surface area contributed by atoms with Crippen molar-refractivity contribution in [2.75, 3.05) is 13.2 Å². The summed E-state index contributed by atoms with van der Waals surface area (Å²) in [6, 6.07) is 16.2. The molecule has 0 saturated heterocycles. The Balaban J connectivity index is 1.42. The third-order valence-electron chi connectivity index (χ3n) is 4.93. The number of carbonyl (C=O) groups is 1. The summed E-state index contributed by atoms with van der Waals surface area (Å²) in [6.45, 7) is 3.98. The van der Waals surface area contributed by atoms with Crippen molar-refractivity contribution >= 4 is 16.9 Å². The van der Waals surface area contributed by atoms with E-state index in [1.54, 1.807) is 0 Å².